The third-order valence-electron chi connectivity index (χ3n) is 2.43. The highest BCUT2D eigenvalue weighted by Crippen LogP contribution is 2.30. The molecule has 78 valence electrons. The summed E-state index contributed by atoms with van der Waals surface area (Å²) < 4.78 is 5.76. The summed E-state index contributed by atoms with van der Waals surface area (Å²) in [5, 5.41) is 0. The van der Waals surface area contributed by atoms with Gasteiger partial charge >= 0.3 is 0 Å². The maximum atomic E-state index is 5.76. The van der Waals surface area contributed by atoms with Crippen LogP contribution >= 0.6 is 0 Å². The maximum absolute atomic E-state index is 5.76. The molecule has 0 radical (unpaired) electrons. The molecule has 1 aliphatic heterocycles. The molecule has 1 aliphatic rings. The molecule has 1 heterocycles. The van der Waals surface area contributed by atoms with E-state index in [0.29, 0.717) is 6.10 Å². The van der Waals surface area contributed by atoms with Crippen LogP contribution in [-0.4, -0.2) is 6.10 Å². The predicted octanol–water partition coefficient (Wildman–Crippen LogP) is 3.73. The van der Waals surface area contributed by atoms with Crippen LogP contribution in [0.2, 0.25) is 0 Å². The first kappa shape index (κ1) is 11.1. The minimum absolute atomic E-state index is 0.388. The number of fused-ring (bicyclic) bond motifs is 1. The van der Waals surface area contributed by atoms with E-state index in [2.05, 4.69) is 32.0 Å². The van der Waals surface area contributed by atoms with E-state index >= 15 is 0 Å². The number of benzene rings is 1. The second kappa shape index (κ2) is 5.04. The number of hydrogen-bond donors (Lipinski definition) is 0. The SMILES string of the molecule is CC.Cc1cccc2c1OC(C)CC2. The summed E-state index contributed by atoms with van der Waals surface area (Å²) in [6.45, 7) is 8.24. The Bertz CT molecular complexity index is 291. The quantitative estimate of drug-likeness (QED) is 0.608. The average Bonchev–Trinajstić information content (AvgIpc) is 2.22. The monoisotopic (exact) mass is 192 g/mol. The van der Waals surface area contributed by atoms with E-state index in [9.17, 15) is 0 Å². The second-order valence-corrected chi connectivity index (χ2v) is 3.53. The van der Waals surface area contributed by atoms with E-state index in [0.717, 1.165) is 18.6 Å². The second-order valence-electron chi connectivity index (χ2n) is 3.53. The van der Waals surface area contributed by atoms with E-state index in [1.165, 1.54) is 11.1 Å². The minimum atomic E-state index is 0.388. The molecule has 0 aromatic heterocycles. The van der Waals surface area contributed by atoms with Gasteiger partial charge in [0.2, 0.25) is 0 Å². The van der Waals surface area contributed by atoms with Crippen molar-refractivity contribution >= 4 is 0 Å². The molecule has 14 heavy (non-hydrogen) atoms. The van der Waals surface area contributed by atoms with Crippen molar-refractivity contribution in [2.24, 2.45) is 0 Å². The predicted molar refractivity (Wildman–Crippen MR) is 60.9 cm³/mol. The smallest absolute Gasteiger partial charge is 0.125 e. The van der Waals surface area contributed by atoms with Crippen LogP contribution in [0.5, 0.6) is 5.75 Å². The first-order valence-electron chi connectivity index (χ1n) is 5.52. The summed E-state index contributed by atoms with van der Waals surface area (Å²) in [4.78, 5) is 0. The number of ether oxygens (including phenoxy) is 1. The van der Waals surface area contributed by atoms with Gasteiger partial charge in [0, 0.05) is 0 Å². The maximum Gasteiger partial charge on any atom is 0.125 e. The van der Waals surface area contributed by atoms with Crippen molar-refractivity contribution < 1.29 is 4.74 Å². The van der Waals surface area contributed by atoms with Crippen LogP contribution in [0.15, 0.2) is 18.2 Å². The van der Waals surface area contributed by atoms with E-state index in [1.807, 2.05) is 13.8 Å². The Kier molecular flexibility index (Phi) is 3.99. The number of rotatable bonds is 0. The van der Waals surface area contributed by atoms with E-state index in [1.54, 1.807) is 0 Å². The standard InChI is InChI=1S/C11H14O.C2H6/c1-8-4-3-5-10-7-6-9(2)12-11(8)10;1-2/h3-5,9H,6-7H2,1-2H3;1-2H3. The van der Waals surface area contributed by atoms with Crippen LogP contribution in [0.1, 0.15) is 38.3 Å². The zero-order chi connectivity index (χ0) is 10.6. The highest BCUT2D eigenvalue weighted by atomic mass is 16.5. The van der Waals surface area contributed by atoms with Gasteiger partial charge in [-0.1, -0.05) is 32.0 Å². The fourth-order valence-corrected chi connectivity index (χ4v) is 1.70. The third kappa shape index (κ3) is 2.28. The molecule has 0 amide bonds. The molecule has 0 fully saturated rings. The van der Waals surface area contributed by atoms with Crippen LogP contribution in [0.25, 0.3) is 0 Å². The molecule has 0 N–H and O–H groups in total. The van der Waals surface area contributed by atoms with Gasteiger partial charge in [0.05, 0.1) is 6.10 Å². The van der Waals surface area contributed by atoms with Gasteiger partial charge < -0.3 is 4.74 Å². The molecular formula is C13H20O. The first-order valence-corrected chi connectivity index (χ1v) is 5.52. The Morgan fingerprint density at radius 3 is 2.71 bits per heavy atom. The van der Waals surface area contributed by atoms with Crippen molar-refractivity contribution in [1.29, 1.82) is 0 Å². The highest BCUT2D eigenvalue weighted by Gasteiger charge is 2.16. The largest absolute Gasteiger partial charge is 0.490 e. The fourth-order valence-electron chi connectivity index (χ4n) is 1.70. The lowest BCUT2D eigenvalue weighted by atomic mass is 10.0. The molecule has 0 saturated carbocycles. The van der Waals surface area contributed by atoms with Gasteiger partial charge in [0.1, 0.15) is 5.75 Å². The van der Waals surface area contributed by atoms with Crippen molar-refractivity contribution in [3.8, 4) is 5.75 Å². The van der Waals surface area contributed by atoms with Crippen molar-refractivity contribution in [2.75, 3.05) is 0 Å². The summed E-state index contributed by atoms with van der Waals surface area (Å²) >= 11 is 0. The number of aryl methyl sites for hydroxylation is 2. The van der Waals surface area contributed by atoms with E-state index in [-0.39, 0.29) is 0 Å². The Morgan fingerprint density at radius 2 is 2.00 bits per heavy atom. The molecule has 1 aromatic rings. The minimum Gasteiger partial charge on any atom is -0.490 e. The van der Waals surface area contributed by atoms with Gasteiger partial charge in [-0.05, 0) is 37.8 Å². The normalized spacial score (nSPS) is 18.7. The molecule has 1 atom stereocenters. The topological polar surface area (TPSA) is 9.23 Å². The lowest BCUT2D eigenvalue weighted by Crippen LogP contribution is -2.19. The number of hydrogen-bond acceptors (Lipinski definition) is 1. The van der Waals surface area contributed by atoms with Gasteiger partial charge in [0.15, 0.2) is 0 Å². The zero-order valence-corrected chi connectivity index (χ0v) is 9.63. The van der Waals surface area contributed by atoms with Crippen molar-refractivity contribution in [2.45, 2.75) is 46.6 Å². The van der Waals surface area contributed by atoms with Crippen LogP contribution in [0.4, 0.5) is 0 Å². The van der Waals surface area contributed by atoms with Crippen LogP contribution in [-0.2, 0) is 6.42 Å². The van der Waals surface area contributed by atoms with Crippen LogP contribution in [0.3, 0.4) is 0 Å². The average molecular weight is 192 g/mol. The molecular weight excluding hydrogens is 172 g/mol. The fraction of sp³-hybridized carbons (Fsp3) is 0.538. The number of para-hydroxylation sites is 1. The molecule has 0 saturated heterocycles. The first-order chi connectivity index (χ1) is 6.77. The third-order valence-corrected chi connectivity index (χ3v) is 2.43. The summed E-state index contributed by atoms with van der Waals surface area (Å²) in [6, 6.07) is 6.37. The Hall–Kier alpha value is -0.980. The van der Waals surface area contributed by atoms with Gasteiger partial charge in [-0.2, -0.15) is 0 Å². The van der Waals surface area contributed by atoms with Crippen molar-refractivity contribution in [1.82, 2.24) is 0 Å². The van der Waals surface area contributed by atoms with Crippen LogP contribution in [0, 0.1) is 6.92 Å². The summed E-state index contributed by atoms with van der Waals surface area (Å²) in [7, 11) is 0. The molecule has 0 bridgehead atoms. The Balaban J connectivity index is 0.000000461. The van der Waals surface area contributed by atoms with E-state index in [4.69, 9.17) is 4.74 Å². The Morgan fingerprint density at radius 1 is 1.29 bits per heavy atom. The van der Waals surface area contributed by atoms with Gasteiger partial charge in [-0.3, -0.25) is 0 Å². The molecule has 1 unspecified atom stereocenters. The van der Waals surface area contributed by atoms with Crippen molar-refractivity contribution in [3.63, 3.8) is 0 Å². The molecule has 1 aromatic carbocycles. The summed E-state index contributed by atoms with van der Waals surface area (Å²) in [5.41, 5.74) is 2.63. The lowest BCUT2D eigenvalue weighted by molar-refractivity contribution is 0.191. The Labute approximate surface area is 87.1 Å². The van der Waals surface area contributed by atoms with Crippen molar-refractivity contribution in [3.05, 3.63) is 29.3 Å². The highest BCUT2D eigenvalue weighted by molar-refractivity contribution is 5.42. The molecule has 1 nitrogen and oxygen atoms in total. The molecule has 1 heteroatoms. The summed E-state index contributed by atoms with van der Waals surface area (Å²) in [5.74, 6) is 1.12. The van der Waals surface area contributed by atoms with Gasteiger partial charge in [0.25, 0.3) is 0 Å². The molecule has 0 aliphatic carbocycles. The van der Waals surface area contributed by atoms with Gasteiger partial charge in [-0.15, -0.1) is 0 Å². The summed E-state index contributed by atoms with van der Waals surface area (Å²) in [6.07, 6.45) is 2.70. The zero-order valence-electron chi connectivity index (χ0n) is 9.63. The van der Waals surface area contributed by atoms with E-state index < -0.39 is 0 Å². The molecule has 0 spiro atoms. The van der Waals surface area contributed by atoms with Crippen LogP contribution < -0.4 is 4.74 Å². The lowest BCUT2D eigenvalue weighted by Gasteiger charge is -2.24. The molecule has 2 rings (SSSR count). The van der Waals surface area contributed by atoms with Gasteiger partial charge in [-0.25, -0.2) is 0 Å².